The zero-order chi connectivity index (χ0) is 12.6. The van der Waals surface area contributed by atoms with E-state index in [0.29, 0.717) is 24.0 Å². The second kappa shape index (κ2) is 4.39. The molecule has 0 saturated heterocycles. The van der Waals surface area contributed by atoms with Crippen LogP contribution < -0.4 is 5.73 Å². The largest absolute Gasteiger partial charge is 0.395 e. The number of carbonyl (C=O) groups excluding carboxylic acids is 1. The monoisotopic (exact) mass is 236 g/mol. The number of anilines is 1. The van der Waals surface area contributed by atoms with Gasteiger partial charge in [-0.05, 0) is 33.1 Å². The second-order valence-corrected chi connectivity index (χ2v) is 4.66. The molecule has 0 unspecified atom stereocenters. The topological polar surface area (TPSA) is 64.2 Å². The van der Waals surface area contributed by atoms with Gasteiger partial charge in [-0.3, -0.25) is 9.48 Å². The van der Waals surface area contributed by atoms with Crippen molar-refractivity contribution < 1.29 is 4.79 Å². The molecule has 1 saturated carbocycles. The van der Waals surface area contributed by atoms with Crippen molar-refractivity contribution in [3.05, 3.63) is 11.4 Å². The molecule has 17 heavy (non-hydrogen) atoms. The molecule has 5 nitrogen and oxygen atoms in total. The molecule has 1 aromatic heterocycles. The lowest BCUT2D eigenvalue weighted by molar-refractivity contribution is 0.0640. The maximum Gasteiger partial charge on any atom is 0.274 e. The van der Waals surface area contributed by atoms with Crippen LogP contribution in [0.25, 0.3) is 0 Å². The predicted octanol–water partition coefficient (Wildman–Crippen LogP) is 1.42. The van der Waals surface area contributed by atoms with E-state index in [2.05, 4.69) is 5.10 Å². The van der Waals surface area contributed by atoms with Gasteiger partial charge in [0.2, 0.25) is 0 Å². The molecule has 1 aromatic rings. The highest BCUT2D eigenvalue weighted by Crippen LogP contribution is 2.26. The number of aromatic nitrogens is 2. The number of nitrogens with zero attached hydrogens (tertiary/aromatic N) is 3. The number of hydrogen-bond donors (Lipinski definition) is 1. The lowest BCUT2D eigenvalue weighted by atomic mass is 9.91. The van der Waals surface area contributed by atoms with Gasteiger partial charge in [0.25, 0.3) is 5.91 Å². The maximum atomic E-state index is 12.4. The van der Waals surface area contributed by atoms with Gasteiger partial charge in [-0.25, -0.2) is 0 Å². The summed E-state index contributed by atoms with van der Waals surface area (Å²) in [4.78, 5) is 14.2. The first-order valence-corrected chi connectivity index (χ1v) is 6.16. The van der Waals surface area contributed by atoms with Crippen LogP contribution in [0.1, 0.15) is 42.4 Å². The minimum absolute atomic E-state index is 0.00495. The number of nitrogen functional groups attached to an aromatic ring is 1. The molecule has 94 valence electrons. The van der Waals surface area contributed by atoms with Crippen LogP contribution in [-0.2, 0) is 6.54 Å². The molecule has 0 aliphatic heterocycles. The van der Waals surface area contributed by atoms with Gasteiger partial charge in [0.1, 0.15) is 5.69 Å². The van der Waals surface area contributed by atoms with Crippen molar-refractivity contribution >= 4 is 11.6 Å². The Morgan fingerprint density at radius 2 is 2.24 bits per heavy atom. The Bertz CT molecular complexity index is 434. The van der Waals surface area contributed by atoms with Gasteiger partial charge >= 0.3 is 0 Å². The van der Waals surface area contributed by atoms with Crippen molar-refractivity contribution in [2.45, 2.75) is 45.7 Å². The molecule has 0 bridgehead atoms. The molecule has 0 aromatic carbocycles. The summed E-state index contributed by atoms with van der Waals surface area (Å²) in [5.41, 5.74) is 7.74. The van der Waals surface area contributed by atoms with Gasteiger partial charge in [0, 0.05) is 19.6 Å². The van der Waals surface area contributed by atoms with E-state index in [1.807, 2.05) is 25.8 Å². The van der Waals surface area contributed by atoms with E-state index in [0.717, 1.165) is 18.5 Å². The summed E-state index contributed by atoms with van der Waals surface area (Å²) in [5.74, 6) is -0.00495. The molecule has 1 fully saturated rings. The average Bonchev–Trinajstić information content (AvgIpc) is 2.51. The lowest BCUT2D eigenvalue weighted by Crippen LogP contribution is -2.42. The van der Waals surface area contributed by atoms with Crippen LogP contribution in [0.15, 0.2) is 0 Å². The van der Waals surface area contributed by atoms with E-state index in [4.69, 9.17) is 5.73 Å². The molecule has 2 N–H and O–H groups in total. The summed E-state index contributed by atoms with van der Waals surface area (Å²) < 4.78 is 1.70. The van der Waals surface area contributed by atoms with Crippen LogP contribution in [0, 0.1) is 6.92 Å². The Balaban J connectivity index is 2.28. The van der Waals surface area contributed by atoms with Crippen molar-refractivity contribution in [1.29, 1.82) is 0 Å². The Morgan fingerprint density at radius 3 is 2.71 bits per heavy atom. The van der Waals surface area contributed by atoms with Crippen molar-refractivity contribution in [3.63, 3.8) is 0 Å². The van der Waals surface area contributed by atoms with E-state index in [-0.39, 0.29) is 5.91 Å². The van der Waals surface area contributed by atoms with Crippen molar-refractivity contribution in [2.75, 3.05) is 12.8 Å². The van der Waals surface area contributed by atoms with Crippen LogP contribution in [-0.4, -0.2) is 33.7 Å². The Hall–Kier alpha value is -1.52. The molecule has 1 heterocycles. The number of hydrogen-bond acceptors (Lipinski definition) is 3. The molecule has 5 heteroatoms. The fourth-order valence-electron chi connectivity index (χ4n) is 2.16. The molecule has 0 radical (unpaired) electrons. The highest BCUT2D eigenvalue weighted by molar-refractivity contribution is 5.98. The number of nitrogens with two attached hydrogens (primary N) is 1. The van der Waals surface area contributed by atoms with Crippen LogP contribution in [0.2, 0.25) is 0 Å². The highest BCUT2D eigenvalue weighted by Gasteiger charge is 2.29. The quantitative estimate of drug-likeness (QED) is 0.863. The van der Waals surface area contributed by atoms with Crippen LogP contribution >= 0.6 is 0 Å². The van der Waals surface area contributed by atoms with Gasteiger partial charge in [0.05, 0.1) is 11.4 Å². The number of aryl methyl sites for hydroxylation is 2. The summed E-state index contributed by atoms with van der Waals surface area (Å²) >= 11 is 0. The van der Waals surface area contributed by atoms with E-state index in [9.17, 15) is 4.79 Å². The Labute approximate surface area is 102 Å². The SMILES string of the molecule is CCn1nc(C)c(N)c1C(=O)N(C)C1CCC1. The first-order valence-electron chi connectivity index (χ1n) is 6.16. The van der Waals surface area contributed by atoms with Crippen molar-refractivity contribution in [1.82, 2.24) is 14.7 Å². The molecule has 1 aliphatic carbocycles. The predicted molar refractivity (Wildman–Crippen MR) is 66.8 cm³/mol. The van der Waals surface area contributed by atoms with E-state index >= 15 is 0 Å². The molecule has 0 atom stereocenters. The summed E-state index contributed by atoms with van der Waals surface area (Å²) in [6.07, 6.45) is 3.41. The van der Waals surface area contributed by atoms with E-state index < -0.39 is 0 Å². The number of carbonyl (C=O) groups is 1. The Kier molecular flexibility index (Phi) is 3.09. The fourth-order valence-corrected chi connectivity index (χ4v) is 2.16. The molecular weight excluding hydrogens is 216 g/mol. The van der Waals surface area contributed by atoms with Gasteiger partial charge in [-0.1, -0.05) is 0 Å². The fraction of sp³-hybridized carbons (Fsp3) is 0.667. The van der Waals surface area contributed by atoms with Crippen molar-refractivity contribution in [3.8, 4) is 0 Å². The minimum Gasteiger partial charge on any atom is -0.395 e. The number of amides is 1. The van der Waals surface area contributed by atoms with Crippen LogP contribution in [0.3, 0.4) is 0 Å². The molecule has 0 spiro atoms. The minimum atomic E-state index is -0.00495. The summed E-state index contributed by atoms with van der Waals surface area (Å²) in [7, 11) is 1.86. The van der Waals surface area contributed by atoms with Crippen LogP contribution in [0.4, 0.5) is 5.69 Å². The molecule has 1 aliphatic rings. The highest BCUT2D eigenvalue weighted by atomic mass is 16.2. The first-order chi connectivity index (χ1) is 8.06. The molecule has 1 amide bonds. The van der Waals surface area contributed by atoms with Gasteiger partial charge < -0.3 is 10.6 Å². The number of rotatable bonds is 3. The Morgan fingerprint density at radius 1 is 1.59 bits per heavy atom. The average molecular weight is 236 g/mol. The lowest BCUT2D eigenvalue weighted by Gasteiger charge is -2.34. The smallest absolute Gasteiger partial charge is 0.274 e. The third kappa shape index (κ3) is 1.90. The summed E-state index contributed by atoms with van der Waals surface area (Å²) in [6, 6.07) is 0.377. The normalized spacial score (nSPS) is 15.7. The molecule has 2 rings (SSSR count). The standard InChI is InChI=1S/C12H20N4O/c1-4-16-11(10(13)8(2)14-16)12(17)15(3)9-6-5-7-9/h9H,4-7,13H2,1-3H3. The first kappa shape index (κ1) is 12.0. The maximum absolute atomic E-state index is 12.4. The third-order valence-corrected chi connectivity index (χ3v) is 3.62. The zero-order valence-electron chi connectivity index (χ0n) is 10.7. The van der Waals surface area contributed by atoms with Gasteiger partial charge in [0.15, 0.2) is 0 Å². The zero-order valence-corrected chi connectivity index (χ0v) is 10.7. The third-order valence-electron chi connectivity index (χ3n) is 3.62. The second-order valence-electron chi connectivity index (χ2n) is 4.66. The van der Waals surface area contributed by atoms with Gasteiger partial charge in [-0.15, -0.1) is 0 Å². The van der Waals surface area contributed by atoms with Crippen molar-refractivity contribution in [2.24, 2.45) is 0 Å². The van der Waals surface area contributed by atoms with Gasteiger partial charge in [-0.2, -0.15) is 5.10 Å². The van der Waals surface area contributed by atoms with E-state index in [1.165, 1.54) is 6.42 Å². The summed E-state index contributed by atoms with van der Waals surface area (Å²) in [6.45, 7) is 4.46. The molecular formula is C12H20N4O. The van der Waals surface area contributed by atoms with E-state index in [1.54, 1.807) is 4.68 Å². The summed E-state index contributed by atoms with van der Waals surface area (Å²) in [5, 5.41) is 4.28. The van der Waals surface area contributed by atoms with Crippen LogP contribution in [0.5, 0.6) is 0 Å².